The van der Waals surface area contributed by atoms with Crippen LogP contribution in [-0.2, 0) is 4.79 Å². The number of nitrogen functional groups attached to an aromatic ring is 2. The van der Waals surface area contributed by atoms with Gasteiger partial charge in [0.15, 0.2) is 12.8 Å². The van der Waals surface area contributed by atoms with E-state index in [4.69, 9.17) is 26.2 Å². The number of hydrogen-bond donors (Lipinski definition) is 5. The number of nitriles is 2. The van der Waals surface area contributed by atoms with Gasteiger partial charge in [-0.2, -0.15) is 10.5 Å². The number of hydrogen-bond acceptors (Lipinski definition) is 11. The Morgan fingerprint density at radius 3 is 2.73 bits per heavy atom. The second-order valence-electron chi connectivity index (χ2n) is 7.62. The van der Waals surface area contributed by atoms with Crippen LogP contribution in [0.15, 0.2) is 51.9 Å². The highest BCUT2D eigenvalue weighted by Crippen LogP contribution is 2.43. The highest BCUT2D eigenvalue weighted by atomic mass is 79.9. The molecule has 1 aromatic heterocycles. The van der Waals surface area contributed by atoms with Crippen molar-refractivity contribution in [2.24, 2.45) is 4.99 Å². The number of nitrogens with two attached hydrogens (primary N) is 2. The summed E-state index contributed by atoms with van der Waals surface area (Å²) < 4.78 is 11.8. The van der Waals surface area contributed by atoms with E-state index in [9.17, 15) is 10.1 Å². The zero-order chi connectivity index (χ0) is 26.5. The summed E-state index contributed by atoms with van der Waals surface area (Å²) in [6, 6.07) is 13.2. The van der Waals surface area contributed by atoms with Crippen LogP contribution in [0.5, 0.6) is 11.5 Å². The Bertz CT molecular complexity index is 1490. The smallest absolute Gasteiger partial charge is 0.262 e. The first-order valence-corrected chi connectivity index (χ1v) is 11.5. The van der Waals surface area contributed by atoms with Gasteiger partial charge in [0.25, 0.3) is 5.91 Å². The molecule has 3 aromatic rings. The number of guanidine groups is 1. The molecule has 12 nitrogen and oxygen atoms in total. The average molecular weight is 562 g/mol. The molecule has 1 aliphatic rings. The molecule has 13 heteroatoms. The number of carbonyl (C=O) groups is 1. The summed E-state index contributed by atoms with van der Waals surface area (Å²) >= 11 is 3.45. The van der Waals surface area contributed by atoms with Crippen molar-refractivity contribution < 1.29 is 14.3 Å². The van der Waals surface area contributed by atoms with Crippen molar-refractivity contribution in [2.75, 3.05) is 35.8 Å². The molecule has 2 heterocycles. The maximum Gasteiger partial charge on any atom is 0.262 e. The van der Waals surface area contributed by atoms with Crippen molar-refractivity contribution in [3.63, 3.8) is 0 Å². The second-order valence-corrected chi connectivity index (χ2v) is 8.54. The van der Waals surface area contributed by atoms with Crippen LogP contribution in [0.1, 0.15) is 22.7 Å². The quantitative estimate of drug-likeness (QED) is 0.220. The number of nitrogens with one attached hydrogen (secondary N) is 3. The van der Waals surface area contributed by atoms with Crippen LogP contribution in [0.25, 0.3) is 0 Å². The van der Waals surface area contributed by atoms with Gasteiger partial charge in [0.1, 0.15) is 40.8 Å². The zero-order valence-electron chi connectivity index (χ0n) is 19.4. The predicted octanol–water partition coefficient (Wildman–Crippen LogP) is 2.85. The van der Waals surface area contributed by atoms with Crippen molar-refractivity contribution in [1.82, 2.24) is 10.3 Å². The first kappa shape index (κ1) is 25.1. The van der Waals surface area contributed by atoms with Crippen LogP contribution < -0.4 is 36.9 Å². The summed E-state index contributed by atoms with van der Waals surface area (Å²) in [7, 11) is 1.51. The molecule has 0 fully saturated rings. The van der Waals surface area contributed by atoms with E-state index in [0.29, 0.717) is 32.8 Å². The maximum atomic E-state index is 12.7. The van der Waals surface area contributed by atoms with Gasteiger partial charge >= 0.3 is 0 Å². The Morgan fingerprint density at radius 1 is 1.22 bits per heavy atom. The van der Waals surface area contributed by atoms with E-state index in [1.165, 1.54) is 7.11 Å². The van der Waals surface area contributed by atoms with Crippen LogP contribution in [0.3, 0.4) is 0 Å². The number of benzene rings is 2. The van der Waals surface area contributed by atoms with Crippen molar-refractivity contribution in [1.29, 1.82) is 10.5 Å². The monoisotopic (exact) mass is 561 g/mol. The van der Waals surface area contributed by atoms with E-state index >= 15 is 0 Å². The van der Waals surface area contributed by atoms with Crippen molar-refractivity contribution in [3.05, 3.63) is 63.6 Å². The summed E-state index contributed by atoms with van der Waals surface area (Å²) in [4.78, 5) is 21.5. The van der Waals surface area contributed by atoms with Crippen molar-refractivity contribution >= 4 is 50.8 Å². The van der Waals surface area contributed by atoms with Gasteiger partial charge < -0.3 is 31.6 Å². The molecule has 1 unspecified atom stereocenters. The van der Waals surface area contributed by atoms with Crippen molar-refractivity contribution in [3.8, 4) is 23.8 Å². The molecule has 186 valence electrons. The van der Waals surface area contributed by atoms with E-state index in [2.05, 4.69) is 41.9 Å². The number of methoxy groups -OCH3 is 1. The maximum absolute atomic E-state index is 12.7. The molecule has 7 N–H and O–H groups in total. The van der Waals surface area contributed by atoms with E-state index in [1.54, 1.807) is 48.7 Å². The minimum Gasteiger partial charge on any atom is -0.495 e. The first-order chi connectivity index (χ1) is 17.9. The zero-order valence-corrected chi connectivity index (χ0v) is 21.0. The predicted molar refractivity (Wildman–Crippen MR) is 141 cm³/mol. The van der Waals surface area contributed by atoms with Gasteiger partial charge in [-0.3, -0.25) is 10.1 Å². The van der Waals surface area contributed by atoms with Crippen LogP contribution >= 0.6 is 15.9 Å². The fourth-order valence-electron chi connectivity index (χ4n) is 3.75. The number of anilines is 4. The molecule has 0 bridgehead atoms. The molecule has 2 aromatic carbocycles. The fourth-order valence-corrected chi connectivity index (χ4v) is 4.13. The molecular formula is C24H20BrN9O3. The highest BCUT2D eigenvalue weighted by Gasteiger charge is 2.31. The molecule has 1 atom stereocenters. The topological polar surface area (TPSA) is 196 Å². The Labute approximate surface area is 220 Å². The average Bonchev–Trinajstić information content (AvgIpc) is 2.88. The third-order valence-corrected chi connectivity index (χ3v) is 5.86. The lowest BCUT2D eigenvalue weighted by molar-refractivity contribution is -0.118. The lowest BCUT2D eigenvalue weighted by Gasteiger charge is -2.27. The van der Waals surface area contributed by atoms with Gasteiger partial charge in [-0.1, -0.05) is 28.1 Å². The largest absolute Gasteiger partial charge is 0.495 e. The van der Waals surface area contributed by atoms with Crippen LogP contribution in [0.2, 0.25) is 0 Å². The van der Waals surface area contributed by atoms with Crippen LogP contribution in [-0.4, -0.2) is 30.6 Å². The minimum atomic E-state index is -0.850. The number of carbonyl (C=O) groups excluding carboxylic acids is 1. The molecule has 0 saturated heterocycles. The van der Waals surface area contributed by atoms with Gasteiger partial charge in [0.2, 0.25) is 5.96 Å². The van der Waals surface area contributed by atoms with E-state index in [-0.39, 0.29) is 35.5 Å². The molecule has 4 rings (SSSR count). The molecule has 37 heavy (non-hydrogen) atoms. The van der Waals surface area contributed by atoms with Gasteiger partial charge in [-0.05, 0) is 30.3 Å². The number of fused-ring (bicyclic) bond motifs is 1. The number of aliphatic imine (C=N–C) groups is 1. The number of nitrogens with zero attached hydrogens (tertiary/aromatic N) is 4. The Hall–Kier alpha value is -5.01. The van der Waals surface area contributed by atoms with E-state index in [1.807, 2.05) is 6.07 Å². The summed E-state index contributed by atoms with van der Waals surface area (Å²) in [5.74, 6) is 0.671. The Balaban J connectivity index is 1.70. The minimum absolute atomic E-state index is 0.00564. The number of aromatic nitrogens is 1. The molecular weight excluding hydrogens is 542 g/mol. The molecule has 0 aliphatic carbocycles. The normalized spacial score (nSPS) is 13.6. The number of amides is 1. The lowest BCUT2D eigenvalue weighted by atomic mass is 9.94. The van der Waals surface area contributed by atoms with Gasteiger partial charge in [0, 0.05) is 15.6 Å². The molecule has 0 radical (unpaired) electrons. The van der Waals surface area contributed by atoms with Crippen LogP contribution in [0.4, 0.5) is 23.0 Å². The number of halogens is 1. The van der Waals surface area contributed by atoms with E-state index < -0.39 is 11.9 Å². The summed E-state index contributed by atoms with van der Waals surface area (Å²) in [5, 5.41) is 26.7. The fraction of sp³-hybridized carbons (Fsp3) is 0.125. The number of para-hydroxylation sites is 2. The number of ether oxygens (including phenoxy) is 2. The van der Waals surface area contributed by atoms with E-state index in [0.717, 1.165) is 0 Å². The third kappa shape index (κ3) is 5.17. The summed E-state index contributed by atoms with van der Waals surface area (Å²) in [5.41, 5.74) is 13.7. The molecule has 0 spiro atoms. The second kappa shape index (κ2) is 10.7. The first-order valence-electron chi connectivity index (χ1n) is 10.7. The summed E-state index contributed by atoms with van der Waals surface area (Å²) in [6.45, 7) is -0.323. The van der Waals surface area contributed by atoms with Crippen LogP contribution in [0, 0.1) is 22.8 Å². The Morgan fingerprint density at radius 2 is 2.00 bits per heavy atom. The standard InChI is InChI=1S/C24H20BrN9O3/c1-36-17-5-3-2-4-15(17)31-18(35)10-37-16-7-6-12(25)8-13(16)21-19-20(28)14(9-26)22(29)33-23(19)34-24(32-21)30-11-27/h2-8,21H,10H2,1H3,(H,31,35)(H6,28,29,30,32,33,34). The van der Waals surface area contributed by atoms with Crippen molar-refractivity contribution in [2.45, 2.75) is 6.04 Å². The summed E-state index contributed by atoms with van der Waals surface area (Å²) in [6.07, 6.45) is 1.80. The molecule has 0 saturated carbocycles. The number of rotatable bonds is 6. The third-order valence-electron chi connectivity index (χ3n) is 5.36. The highest BCUT2D eigenvalue weighted by molar-refractivity contribution is 9.10. The molecule has 1 aliphatic heterocycles. The SMILES string of the molecule is COc1ccccc1NC(=O)COc1ccc(Br)cc1C1N=C(NC#N)Nc2nc(N)c(C#N)c(N)c21. The molecule has 1 amide bonds. The van der Waals surface area contributed by atoms with Gasteiger partial charge in [-0.15, -0.1) is 0 Å². The van der Waals surface area contributed by atoms with Gasteiger partial charge in [0.05, 0.1) is 18.5 Å². The Kier molecular flexibility index (Phi) is 7.27. The lowest BCUT2D eigenvalue weighted by Crippen LogP contribution is -2.33. The number of pyridine rings is 1. The van der Waals surface area contributed by atoms with Gasteiger partial charge in [-0.25, -0.2) is 9.98 Å².